The van der Waals surface area contributed by atoms with Crippen LogP contribution in [0.5, 0.6) is 5.75 Å². The zero-order valence-corrected chi connectivity index (χ0v) is 13.2. The summed E-state index contributed by atoms with van der Waals surface area (Å²) >= 11 is 1.21. The Kier molecular flexibility index (Phi) is 4.28. The van der Waals surface area contributed by atoms with Gasteiger partial charge < -0.3 is 10.5 Å². The molecule has 10 heteroatoms. The molecule has 0 radical (unpaired) electrons. The molecule has 2 N–H and O–H groups in total. The largest absolute Gasteiger partial charge is 0.483 e. The number of benzene rings is 2. The molecule has 0 aliphatic rings. The number of halogens is 2. The van der Waals surface area contributed by atoms with Gasteiger partial charge in [-0.1, -0.05) is 0 Å². The minimum Gasteiger partial charge on any atom is -0.483 e. The Morgan fingerprint density at radius 3 is 2.76 bits per heavy atom. The third-order valence-electron chi connectivity index (χ3n) is 3.28. The minimum atomic E-state index is -1.24. The second-order valence-corrected chi connectivity index (χ2v) is 6.02. The highest BCUT2D eigenvalue weighted by Crippen LogP contribution is 2.28. The summed E-state index contributed by atoms with van der Waals surface area (Å²) in [5.41, 5.74) is 4.38. The summed E-state index contributed by atoms with van der Waals surface area (Å²) in [6, 6.07) is 6.14. The predicted molar refractivity (Wildman–Crippen MR) is 85.5 cm³/mol. The zero-order chi connectivity index (χ0) is 18.1. The number of amides is 1. The van der Waals surface area contributed by atoms with E-state index in [-0.39, 0.29) is 18.0 Å². The van der Waals surface area contributed by atoms with Gasteiger partial charge in [0.25, 0.3) is 11.6 Å². The molecule has 1 heterocycles. The number of non-ortho nitro benzene ring substituents is 1. The van der Waals surface area contributed by atoms with Crippen molar-refractivity contribution in [2.24, 2.45) is 5.73 Å². The number of aromatic nitrogens is 1. The molecule has 1 amide bonds. The highest BCUT2D eigenvalue weighted by atomic mass is 32.1. The van der Waals surface area contributed by atoms with Crippen LogP contribution in [0.25, 0.3) is 10.2 Å². The van der Waals surface area contributed by atoms with Crippen molar-refractivity contribution in [3.05, 3.63) is 62.7 Å². The monoisotopic (exact) mass is 365 g/mol. The number of nitro benzene ring substituents is 1. The van der Waals surface area contributed by atoms with Crippen molar-refractivity contribution in [1.29, 1.82) is 0 Å². The van der Waals surface area contributed by atoms with Crippen molar-refractivity contribution < 1.29 is 23.2 Å². The van der Waals surface area contributed by atoms with E-state index in [4.69, 9.17) is 10.5 Å². The van der Waals surface area contributed by atoms with Crippen LogP contribution in [0.3, 0.4) is 0 Å². The van der Waals surface area contributed by atoms with Crippen LogP contribution in [0.15, 0.2) is 30.3 Å². The lowest BCUT2D eigenvalue weighted by molar-refractivity contribution is -0.384. The number of ether oxygens (including phenoxy) is 1. The molecule has 7 nitrogen and oxygen atoms in total. The summed E-state index contributed by atoms with van der Waals surface area (Å²) in [4.78, 5) is 25.5. The van der Waals surface area contributed by atoms with Crippen LogP contribution in [-0.2, 0) is 6.61 Å². The molecule has 3 rings (SSSR count). The molecule has 0 unspecified atom stereocenters. The van der Waals surface area contributed by atoms with Crippen LogP contribution in [0, 0.1) is 21.7 Å². The Morgan fingerprint density at radius 2 is 2.08 bits per heavy atom. The van der Waals surface area contributed by atoms with Gasteiger partial charge >= 0.3 is 0 Å². The molecule has 0 saturated carbocycles. The maximum Gasteiger partial charge on any atom is 0.271 e. The Bertz CT molecular complexity index is 1010. The van der Waals surface area contributed by atoms with E-state index in [1.807, 2.05) is 0 Å². The number of hydrogen-bond acceptors (Lipinski definition) is 6. The number of carbonyl (C=O) groups excluding carboxylic acids is 1. The Hall–Kier alpha value is -3.14. The molecule has 0 spiro atoms. The molecule has 0 atom stereocenters. The maximum atomic E-state index is 14.1. The molecule has 0 saturated heterocycles. The van der Waals surface area contributed by atoms with Gasteiger partial charge in [-0.05, 0) is 18.2 Å². The third kappa shape index (κ3) is 3.24. The second-order valence-electron chi connectivity index (χ2n) is 4.90. The van der Waals surface area contributed by atoms with Crippen LogP contribution < -0.4 is 10.5 Å². The summed E-state index contributed by atoms with van der Waals surface area (Å²) < 4.78 is 33.4. The van der Waals surface area contributed by atoms with Gasteiger partial charge in [-0.2, -0.15) is 0 Å². The van der Waals surface area contributed by atoms with E-state index in [2.05, 4.69) is 4.98 Å². The van der Waals surface area contributed by atoms with Crippen LogP contribution in [0.4, 0.5) is 14.5 Å². The third-order valence-corrected chi connectivity index (χ3v) is 4.29. The van der Waals surface area contributed by atoms with Gasteiger partial charge in [0.05, 0.1) is 15.1 Å². The topological polar surface area (TPSA) is 108 Å². The Balaban J connectivity index is 1.84. The fourth-order valence-corrected chi connectivity index (χ4v) is 3.01. The van der Waals surface area contributed by atoms with Gasteiger partial charge in [-0.3, -0.25) is 14.9 Å². The van der Waals surface area contributed by atoms with E-state index in [9.17, 15) is 23.7 Å². The van der Waals surface area contributed by atoms with Gasteiger partial charge in [-0.15, -0.1) is 11.3 Å². The van der Waals surface area contributed by atoms with E-state index in [1.54, 1.807) is 6.07 Å². The van der Waals surface area contributed by atoms with Crippen molar-refractivity contribution in [1.82, 2.24) is 4.98 Å². The summed E-state index contributed by atoms with van der Waals surface area (Å²) in [5, 5.41) is 11.2. The normalized spacial score (nSPS) is 10.8. The Labute approximate surface area is 142 Å². The van der Waals surface area contributed by atoms with Gasteiger partial charge in [0, 0.05) is 12.1 Å². The van der Waals surface area contributed by atoms with Gasteiger partial charge in [0.1, 0.15) is 23.0 Å². The smallest absolute Gasteiger partial charge is 0.271 e. The average molecular weight is 365 g/mol. The number of fused-ring (bicyclic) bond motifs is 1. The number of thiazole rings is 1. The second kappa shape index (κ2) is 6.40. The lowest BCUT2D eigenvalue weighted by Crippen LogP contribution is -2.16. The quantitative estimate of drug-likeness (QED) is 0.552. The SMILES string of the molecule is NC(=O)c1c(F)ccc(OCc2nc3cc([N+](=O)[O-])ccc3s2)c1F. The zero-order valence-electron chi connectivity index (χ0n) is 12.4. The van der Waals surface area contributed by atoms with Gasteiger partial charge in [0.15, 0.2) is 11.6 Å². The molecule has 128 valence electrons. The van der Waals surface area contributed by atoms with Crippen LogP contribution in [0.1, 0.15) is 15.4 Å². The van der Waals surface area contributed by atoms with Crippen LogP contribution >= 0.6 is 11.3 Å². The van der Waals surface area contributed by atoms with E-state index >= 15 is 0 Å². The number of nitrogens with zero attached hydrogens (tertiary/aromatic N) is 2. The summed E-state index contributed by atoms with van der Waals surface area (Å²) in [6.07, 6.45) is 0. The number of carbonyl (C=O) groups is 1. The molecular formula is C15H9F2N3O4S. The van der Waals surface area contributed by atoms with Crippen molar-refractivity contribution in [3.8, 4) is 5.75 Å². The highest BCUT2D eigenvalue weighted by molar-refractivity contribution is 7.18. The van der Waals surface area contributed by atoms with Gasteiger partial charge in [0.2, 0.25) is 0 Å². The molecule has 0 aliphatic heterocycles. The van der Waals surface area contributed by atoms with Crippen LogP contribution in [-0.4, -0.2) is 15.8 Å². The first-order chi connectivity index (χ1) is 11.9. The van der Waals surface area contributed by atoms with Crippen molar-refractivity contribution in [2.45, 2.75) is 6.61 Å². The molecular weight excluding hydrogens is 356 g/mol. The first-order valence-corrected chi connectivity index (χ1v) is 7.63. The molecule has 25 heavy (non-hydrogen) atoms. The molecule has 3 aromatic rings. The van der Waals surface area contributed by atoms with E-state index in [1.165, 1.54) is 23.5 Å². The number of hydrogen-bond donors (Lipinski definition) is 1. The summed E-state index contributed by atoms with van der Waals surface area (Å²) in [6.45, 7) is -0.159. The van der Waals surface area contributed by atoms with E-state index in [0.717, 1.165) is 12.1 Å². The number of rotatable bonds is 5. The molecule has 0 aliphatic carbocycles. The molecule has 0 fully saturated rings. The standard InChI is InChI=1S/C15H9F2N3O4S/c16-8-2-3-10(14(17)13(8)15(18)21)24-6-12-19-9-5-7(20(22)23)1-4-11(9)25-12/h1-5H,6H2,(H2,18,21). The summed E-state index contributed by atoms with van der Waals surface area (Å²) in [5.74, 6) is -3.86. The van der Waals surface area contributed by atoms with Crippen molar-refractivity contribution in [3.63, 3.8) is 0 Å². The average Bonchev–Trinajstić information content (AvgIpc) is 2.95. The lowest BCUT2D eigenvalue weighted by atomic mass is 10.2. The molecule has 0 bridgehead atoms. The first kappa shape index (κ1) is 16.7. The number of nitro groups is 1. The minimum absolute atomic E-state index is 0.0963. The van der Waals surface area contributed by atoms with Crippen molar-refractivity contribution in [2.75, 3.05) is 0 Å². The summed E-state index contributed by atoms with van der Waals surface area (Å²) in [7, 11) is 0. The van der Waals surface area contributed by atoms with Crippen LogP contribution in [0.2, 0.25) is 0 Å². The number of primary amides is 1. The predicted octanol–water partition coefficient (Wildman–Crippen LogP) is 3.16. The van der Waals surface area contributed by atoms with E-state index < -0.39 is 28.0 Å². The molecule has 1 aromatic heterocycles. The highest BCUT2D eigenvalue weighted by Gasteiger charge is 2.19. The lowest BCUT2D eigenvalue weighted by Gasteiger charge is -2.08. The first-order valence-electron chi connectivity index (χ1n) is 6.81. The fraction of sp³-hybridized carbons (Fsp3) is 0.0667. The number of nitrogens with two attached hydrogens (primary N) is 1. The fourth-order valence-electron chi connectivity index (χ4n) is 2.15. The van der Waals surface area contributed by atoms with E-state index in [0.29, 0.717) is 15.2 Å². The van der Waals surface area contributed by atoms with Gasteiger partial charge in [-0.25, -0.2) is 13.8 Å². The molecule has 2 aromatic carbocycles. The van der Waals surface area contributed by atoms with Crippen molar-refractivity contribution >= 4 is 33.1 Å². The Morgan fingerprint density at radius 1 is 1.32 bits per heavy atom. The maximum absolute atomic E-state index is 14.1.